The topological polar surface area (TPSA) is 236 Å². The maximum absolute atomic E-state index is 12.0. The molecule has 4 aliphatic carbocycles. The molecule has 5 heterocycles. The van der Waals surface area contributed by atoms with Crippen LogP contribution in [-0.4, -0.2) is 164 Å². The van der Waals surface area contributed by atoms with Gasteiger partial charge in [-0.15, -0.1) is 0 Å². The number of ether oxygens (including phenoxy) is 8. The molecule has 5 saturated heterocycles. The predicted octanol–water partition coefficient (Wildman–Crippen LogP) is 1.24. The lowest BCUT2D eigenvalue weighted by Gasteiger charge is -2.58. The van der Waals surface area contributed by atoms with Crippen LogP contribution in [0.4, 0.5) is 0 Å². The zero-order valence-electron chi connectivity index (χ0n) is 36.5. The molecule has 1 spiro atoms. The second-order valence-electron chi connectivity index (χ2n) is 21.1. The van der Waals surface area contributed by atoms with Gasteiger partial charge in [-0.1, -0.05) is 39.3 Å². The number of aliphatic hydroxyl groups excluding tert-OH is 8. The van der Waals surface area contributed by atoms with E-state index in [1.54, 1.807) is 0 Å². The van der Waals surface area contributed by atoms with Crippen LogP contribution in [0.3, 0.4) is 0 Å². The summed E-state index contributed by atoms with van der Waals surface area (Å²) in [6, 6.07) is 0. The third kappa shape index (κ3) is 7.42. The van der Waals surface area contributed by atoms with Gasteiger partial charge in [0.25, 0.3) is 0 Å². The fourth-order valence-corrected chi connectivity index (χ4v) is 14.0. The Balaban J connectivity index is 0.916. The molecule has 9 rings (SSSR count). The van der Waals surface area contributed by atoms with Gasteiger partial charge in [0.1, 0.15) is 61.0 Å². The van der Waals surface area contributed by atoms with Crippen molar-refractivity contribution < 1.29 is 78.7 Å². The Bertz CT molecular complexity index is 1590. The first-order valence-electron chi connectivity index (χ1n) is 23.2. The van der Waals surface area contributed by atoms with Crippen LogP contribution in [0.2, 0.25) is 0 Å². The molecule has 8 fully saturated rings. The van der Waals surface area contributed by atoms with Crippen molar-refractivity contribution in [2.24, 2.45) is 46.3 Å². The van der Waals surface area contributed by atoms with Crippen molar-refractivity contribution in [3.8, 4) is 0 Å². The van der Waals surface area contributed by atoms with E-state index in [9.17, 15) is 40.9 Å². The van der Waals surface area contributed by atoms with Crippen molar-refractivity contribution in [3.63, 3.8) is 0 Å². The maximum Gasteiger partial charge on any atom is 0.187 e. The minimum atomic E-state index is -1.71. The Morgan fingerprint density at radius 2 is 1.34 bits per heavy atom. The van der Waals surface area contributed by atoms with Crippen LogP contribution in [-0.2, 0) is 37.9 Å². The summed E-state index contributed by atoms with van der Waals surface area (Å²) in [5, 5.41) is 85.9. The smallest absolute Gasteiger partial charge is 0.187 e. The Hall–Kier alpha value is -0.900. The van der Waals surface area contributed by atoms with Gasteiger partial charge in [-0.25, -0.2) is 0 Å². The highest BCUT2D eigenvalue weighted by Crippen LogP contribution is 2.70. The average Bonchev–Trinajstić information content (AvgIpc) is 3.69. The first kappa shape index (κ1) is 45.3. The third-order valence-corrected chi connectivity index (χ3v) is 17.6. The molecule has 0 unspecified atom stereocenters. The van der Waals surface area contributed by atoms with Gasteiger partial charge in [0.15, 0.2) is 24.7 Å². The molecule has 0 bridgehead atoms. The molecule has 0 amide bonds. The minimum Gasteiger partial charge on any atom is -0.394 e. The Morgan fingerprint density at radius 3 is 1.97 bits per heavy atom. The molecule has 3 saturated carbocycles. The van der Waals surface area contributed by atoms with E-state index in [4.69, 9.17) is 37.9 Å². The largest absolute Gasteiger partial charge is 0.394 e. The predicted molar refractivity (Wildman–Crippen MR) is 213 cm³/mol. The van der Waals surface area contributed by atoms with Crippen molar-refractivity contribution in [1.29, 1.82) is 0 Å². The molecule has 61 heavy (non-hydrogen) atoms. The normalized spacial score (nSPS) is 58.4. The van der Waals surface area contributed by atoms with E-state index >= 15 is 0 Å². The van der Waals surface area contributed by atoms with E-state index in [-0.39, 0.29) is 23.0 Å². The van der Waals surface area contributed by atoms with Crippen molar-refractivity contribution >= 4 is 0 Å². The molecule has 16 heteroatoms. The minimum absolute atomic E-state index is 0.0171. The molecule has 16 nitrogen and oxygen atoms in total. The van der Waals surface area contributed by atoms with Crippen LogP contribution < -0.4 is 0 Å². The number of rotatable bonds is 7. The quantitative estimate of drug-likeness (QED) is 0.168. The molecule has 9 aliphatic rings. The van der Waals surface area contributed by atoms with Crippen LogP contribution in [0.25, 0.3) is 0 Å². The van der Waals surface area contributed by atoms with E-state index in [0.717, 1.165) is 45.1 Å². The lowest BCUT2D eigenvalue weighted by molar-refractivity contribution is -0.388. The zero-order chi connectivity index (χ0) is 43.5. The summed E-state index contributed by atoms with van der Waals surface area (Å²) in [6.07, 6.45) is -10.4. The Kier molecular flexibility index (Phi) is 12.4. The SMILES string of the molecule is C[C@@H]1CC[C@]2(OC1)O[C@@H]1C[C@@H]3[C@H]4CC=C5C[C@@H](O[C@H]6O[C@@H](CO)[C@H](O[C@@H]7O[C@H](C)[C@H](O)[C@H](O)[C@@H]7O)[C@@H](O)[C@@H]6O[C@@H]6O[C@H](C)[C@@H](O)[C@H](O)[C@@H]6O)CC[C@@]5(C)[C@@H]4CC[C@@]3(C)[C@@H]1[C@H]2C. The lowest BCUT2D eigenvalue weighted by atomic mass is 9.47. The number of hydrogen-bond donors (Lipinski definition) is 8. The van der Waals surface area contributed by atoms with E-state index in [1.165, 1.54) is 25.8 Å². The van der Waals surface area contributed by atoms with Crippen LogP contribution in [0.1, 0.15) is 99.3 Å². The fraction of sp³-hybridized carbons (Fsp3) is 0.956. The third-order valence-electron chi connectivity index (χ3n) is 17.6. The summed E-state index contributed by atoms with van der Waals surface area (Å²) in [5.74, 6) is 2.64. The summed E-state index contributed by atoms with van der Waals surface area (Å²) in [7, 11) is 0. The molecule has 26 atom stereocenters. The van der Waals surface area contributed by atoms with Gasteiger partial charge >= 0.3 is 0 Å². The second-order valence-corrected chi connectivity index (χ2v) is 21.1. The van der Waals surface area contributed by atoms with E-state index in [1.807, 2.05) is 0 Å². The number of aliphatic hydroxyl groups is 8. The van der Waals surface area contributed by atoms with E-state index in [0.29, 0.717) is 48.3 Å². The molecule has 0 radical (unpaired) electrons. The molecule has 0 aromatic rings. The first-order chi connectivity index (χ1) is 28.9. The summed E-state index contributed by atoms with van der Waals surface area (Å²) in [4.78, 5) is 0. The number of allylic oxidation sites excluding steroid dienone is 1. The van der Waals surface area contributed by atoms with Crippen molar-refractivity contribution in [2.45, 2.75) is 209 Å². The summed E-state index contributed by atoms with van der Waals surface area (Å²) in [5.41, 5.74) is 1.53. The van der Waals surface area contributed by atoms with Crippen molar-refractivity contribution in [3.05, 3.63) is 11.6 Å². The van der Waals surface area contributed by atoms with E-state index in [2.05, 4.69) is 33.8 Å². The Morgan fingerprint density at radius 1 is 0.689 bits per heavy atom. The lowest BCUT2D eigenvalue weighted by Crippen LogP contribution is -2.66. The zero-order valence-corrected chi connectivity index (χ0v) is 36.5. The standard InChI is InChI=1S/C45H72O16/c1-19-9-14-45(54-18-19)20(2)30-28(61-45)16-27-25-8-7-23-15-24(10-12-43(23,5)26(25)11-13-44(27,30)6)57-42-39(60-41-36(52)34(50)32(48)22(4)56-41)37(53)38(29(17-46)58-42)59-40-35(51)33(49)31(47)21(3)55-40/h7,19-22,24-42,46-53H,8-18H2,1-6H3/t19-,20-,21-,22-,24+,25+,26-,27-,28-,29+,30-,31+,32-,33+,34+,35+,36+,37-,38+,39+,40+,41+,42+,43-,44-,45+/m1/s1. The van der Waals surface area contributed by atoms with Crippen LogP contribution in [0.15, 0.2) is 11.6 Å². The molecular formula is C45H72O16. The summed E-state index contributed by atoms with van der Waals surface area (Å²) < 4.78 is 50.1. The van der Waals surface area contributed by atoms with Gasteiger partial charge in [-0.05, 0) is 106 Å². The fourth-order valence-electron chi connectivity index (χ4n) is 14.0. The monoisotopic (exact) mass is 868 g/mol. The average molecular weight is 869 g/mol. The summed E-state index contributed by atoms with van der Waals surface area (Å²) in [6.45, 7) is 12.7. The van der Waals surface area contributed by atoms with Crippen LogP contribution in [0.5, 0.6) is 0 Å². The number of hydrogen-bond acceptors (Lipinski definition) is 16. The van der Waals surface area contributed by atoms with Crippen molar-refractivity contribution in [1.82, 2.24) is 0 Å². The van der Waals surface area contributed by atoms with Crippen molar-refractivity contribution in [2.75, 3.05) is 13.2 Å². The molecule has 0 aromatic heterocycles. The van der Waals surface area contributed by atoms with Gasteiger partial charge in [0.05, 0.1) is 37.6 Å². The molecule has 8 N–H and O–H groups in total. The highest BCUT2D eigenvalue weighted by Gasteiger charge is 2.69. The molecule has 0 aromatic carbocycles. The Labute approximate surface area is 358 Å². The van der Waals surface area contributed by atoms with Gasteiger partial charge in [-0.2, -0.15) is 0 Å². The van der Waals surface area contributed by atoms with Crippen LogP contribution in [0, 0.1) is 46.3 Å². The van der Waals surface area contributed by atoms with E-state index < -0.39 is 105 Å². The highest BCUT2D eigenvalue weighted by molar-refractivity contribution is 5.26. The molecule has 5 aliphatic heterocycles. The maximum atomic E-state index is 12.0. The second kappa shape index (κ2) is 16.8. The van der Waals surface area contributed by atoms with Gasteiger partial charge in [0.2, 0.25) is 0 Å². The van der Waals surface area contributed by atoms with Crippen LogP contribution >= 0.6 is 0 Å². The summed E-state index contributed by atoms with van der Waals surface area (Å²) >= 11 is 0. The number of fused-ring (bicyclic) bond motifs is 7. The highest BCUT2D eigenvalue weighted by atomic mass is 16.8. The molecule has 348 valence electrons. The van der Waals surface area contributed by atoms with Gasteiger partial charge < -0.3 is 78.7 Å². The first-order valence-corrected chi connectivity index (χ1v) is 23.2. The van der Waals surface area contributed by atoms with Gasteiger partial charge in [0, 0.05) is 12.3 Å². The van der Waals surface area contributed by atoms with Gasteiger partial charge in [-0.3, -0.25) is 0 Å². The molecular weight excluding hydrogens is 796 g/mol.